The van der Waals surface area contributed by atoms with E-state index in [4.69, 9.17) is 21.9 Å². The summed E-state index contributed by atoms with van der Waals surface area (Å²) in [6.45, 7) is 7.87. The number of carbonyl (C=O) groups is 10. The summed E-state index contributed by atoms with van der Waals surface area (Å²) in [6, 6.07) is 4.52. The molecule has 2 aromatic carbocycles. The predicted molar refractivity (Wildman–Crippen MR) is 284 cm³/mol. The topological polar surface area (TPSA) is 407 Å². The molecule has 26 heteroatoms. The predicted octanol–water partition coefficient (Wildman–Crippen LogP) is -2.04. The first-order chi connectivity index (χ1) is 37.0. The molecule has 78 heavy (non-hydrogen) atoms. The van der Waals surface area contributed by atoms with E-state index in [9.17, 15) is 53.1 Å². The molecule has 26 nitrogen and oxygen atoms in total. The number of imidazole rings is 1. The van der Waals surface area contributed by atoms with Crippen molar-refractivity contribution in [3.63, 3.8) is 0 Å². The van der Waals surface area contributed by atoms with Crippen LogP contribution in [0.1, 0.15) is 83.5 Å². The van der Waals surface area contributed by atoms with Gasteiger partial charge in [-0.15, -0.1) is 0 Å². The number of likely N-dealkylation sites (tertiary alicyclic amines) is 1. The minimum Gasteiger partial charge on any atom is -0.508 e. The van der Waals surface area contributed by atoms with Crippen molar-refractivity contribution in [1.82, 2.24) is 52.1 Å². The number of nitrogens with one attached hydrogen (secondary N) is 8. The summed E-state index contributed by atoms with van der Waals surface area (Å²) in [5.74, 6) is -9.25. The Balaban J connectivity index is 1.59. The summed E-state index contributed by atoms with van der Waals surface area (Å²) in [4.78, 5) is 148. The molecule has 3 aromatic rings. The molecule has 2 heterocycles. The number of phenolic OH excluding ortho intramolecular Hbond substituents is 1. The van der Waals surface area contributed by atoms with Gasteiger partial charge in [0.2, 0.25) is 53.2 Å². The van der Waals surface area contributed by atoms with Gasteiger partial charge in [0.1, 0.15) is 54.1 Å². The van der Waals surface area contributed by atoms with Crippen LogP contribution in [0.25, 0.3) is 0 Å². The average Bonchev–Trinajstić information content (AvgIpc) is 4.10. The van der Waals surface area contributed by atoms with Crippen LogP contribution >= 0.6 is 0 Å². The average molecular weight is 1090 g/mol. The van der Waals surface area contributed by atoms with Gasteiger partial charge < -0.3 is 74.1 Å². The Labute approximate surface area is 452 Å². The number of phenols is 1. The number of carbonyl (C=O) groups excluding carboxylic acids is 10. The Morgan fingerprint density at radius 2 is 1.27 bits per heavy atom. The van der Waals surface area contributed by atoms with Crippen molar-refractivity contribution < 1.29 is 57.8 Å². The second-order valence-corrected chi connectivity index (χ2v) is 19.6. The number of aromatic nitrogens is 2. The highest BCUT2D eigenvalue weighted by atomic mass is 16.5. The Morgan fingerprint density at radius 1 is 0.705 bits per heavy atom. The summed E-state index contributed by atoms with van der Waals surface area (Å²) in [5, 5.41) is 28.5. The summed E-state index contributed by atoms with van der Waals surface area (Å²) in [7, 11) is 1.21. The fourth-order valence-electron chi connectivity index (χ4n) is 8.65. The summed E-state index contributed by atoms with van der Waals surface area (Å²) in [6.07, 6.45) is 2.90. The molecule has 0 radical (unpaired) electrons. The first-order valence-corrected chi connectivity index (χ1v) is 25.6. The fraction of sp³-hybridized carbons (Fsp3) is 0.500. The molecule has 424 valence electrons. The standard InChI is InChI=1S/C52H74N14O12/c1-28(2)42(64-44(70)35(14-10-20-57-52(54)55)60-45(71)37(25-41(53)69)59-30(5)67)48(74)61-36(22-32-16-18-34(68)19-17-32)46(72)65-43(29(3)4)49(75)62-38(24-33-26-56-27-58-33)50(76)66-21-11-15-40(66)47(73)63-39(51(77)78-6)23-31-12-8-7-9-13-31/h7-9,12-13,16-19,26-29,35-40,42-43,68H,10-11,14-15,20-25H2,1-6H3,(H2,53,69)(H,56,58)(H,59,67)(H,60,71)(H,61,74)(H,62,75)(H,63,73)(H,64,70)(H,65,72)(H4,54,55,57)/t35-,36-,37-,38-,39-,40-,42-,43-/m0/s1. The largest absolute Gasteiger partial charge is 0.508 e. The Hall–Kier alpha value is -8.58. The zero-order valence-corrected chi connectivity index (χ0v) is 44.7. The molecule has 9 amide bonds. The molecule has 1 aliphatic rings. The molecule has 0 spiro atoms. The van der Waals surface area contributed by atoms with Crippen LogP contribution < -0.4 is 54.4 Å². The van der Waals surface area contributed by atoms with Crippen molar-refractivity contribution in [2.45, 2.75) is 134 Å². The zero-order chi connectivity index (χ0) is 57.6. The second kappa shape index (κ2) is 30.2. The van der Waals surface area contributed by atoms with Gasteiger partial charge in [0, 0.05) is 51.2 Å². The van der Waals surface area contributed by atoms with Crippen LogP contribution in [0.4, 0.5) is 0 Å². The summed E-state index contributed by atoms with van der Waals surface area (Å²) in [5.41, 5.74) is 18.0. The van der Waals surface area contributed by atoms with Crippen molar-refractivity contribution >= 4 is 65.1 Å². The molecule has 0 bridgehead atoms. The number of amides is 9. The number of aromatic amines is 1. The monoisotopic (exact) mass is 1090 g/mol. The number of hydrogen-bond acceptors (Lipinski definition) is 14. The molecule has 1 aliphatic heterocycles. The van der Waals surface area contributed by atoms with Crippen LogP contribution in [0.2, 0.25) is 0 Å². The van der Waals surface area contributed by atoms with Crippen molar-refractivity contribution in [2.24, 2.45) is 34.0 Å². The van der Waals surface area contributed by atoms with E-state index in [1.807, 2.05) is 6.07 Å². The highest BCUT2D eigenvalue weighted by Gasteiger charge is 2.41. The summed E-state index contributed by atoms with van der Waals surface area (Å²) < 4.78 is 4.99. The van der Waals surface area contributed by atoms with Crippen LogP contribution in [0.15, 0.2) is 72.1 Å². The summed E-state index contributed by atoms with van der Waals surface area (Å²) >= 11 is 0. The first-order valence-electron chi connectivity index (χ1n) is 25.6. The number of aromatic hydroxyl groups is 1. The number of rotatable bonds is 29. The molecule has 8 atom stereocenters. The number of ether oxygens (including phenoxy) is 1. The SMILES string of the molecule is COC(=O)[C@H](Cc1ccccc1)NC(=O)[C@@H]1CCCN1C(=O)[C@H](Cc1cnc[nH]1)NC(=O)[C@@H](NC(=O)[C@H](Cc1ccc(O)cc1)NC(=O)[C@@H](NC(=O)[C@H](CCCN=C(N)N)NC(=O)[C@H](CC(N)=O)NC(C)=O)C(C)C)C(C)C. The van der Waals surface area contributed by atoms with Crippen LogP contribution in [0.5, 0.6) is 5.75 Å². The molecule has 0 saturated carbocycles. The van der Waals surface area contributed by atoms with Gasteiger partial charge in [-0.2, -0.15) is 0 Å². The molecule has 1 saturated heterocycles. The molecular weight excluding hydrogens is 1010 g/mol. The number of nitrogens with zero attached hydrogens (tertiary/aromatic N) is 3. The van der Waals surface area contributed by atoms with E-state index < -0.39 is 126 Å². The Bertz CT molecular complexity index is 2560. The number of methoxy groups -OCH3 is 1. The van der Waals surface area contributed by atoms with Crippen LogP contribution in [-0.4, -0.2) is 154 Å². The number of guanidine groups is 1. The number of primary amides is 1. The van der Waals surface area contributed by atoms with E-state index >= 15 is 0 Å². The van der Waals surface area contributed by atoms with E-state index in [0.29, 0.717) is 17.7 Å². The fourth-order valence-corrected chi connectivity index (χ4v) is 8.65. The molecule has 15 N–H and O–H groups in total. The third kappa shape index (κ3) is 19.5. The zero-order valence-electron chi connectivity index (χ0n) is 44.7. The number of benzene rings is 2. The second-order valence-electron chi connectivity index (χ2n) is 19.6. The highest BCUT2D eigenvalue weighted by molar-refractivity contribution is 5.99. The third-order valence-corrected chi connectivity index (χ3v) is 12.7. The maximum absolute atomic E-state index is 14.6. The number of esters is 1. The number of nitrogens with two attached hydrogens (primary N) is 3. The number of hydrogen-bond donors (Lipinski definition) is 12. The molecular formula is C52H74N14O12. The lowest BCUT2D eigenvalue weighted by Gasteiger charge is -2.31. The molecule has 1 aromatic heterocycles. The molecule has 1 fully saturated rings. The maximum Gasteiger partial charge on any atom is 0.328 e. The van der Waals surface area contributed by atoms with Gasteiger partial charge >= 0.3 is 5.97 Å². The van der Waals surface area contributed by atoms with Gasteiger partial charge in [-0.1, -0.05) is 70.2 Å². The minimum atomic E-state index is -1.44. The Morgan fingerprint density at radius 3 is 1.82 bits per heavy atom. The maximum atomic E-state index is 14.6. The van der Waals surface area contributed by atoms with E-state index in [0.717, 1.165) is 12.5 Å². The lowest BCUT2D eigenvalue weighted by Crippen LogP contribution is -2.62. The van der Waals surface area contributed by atoms with Crippen molar-refractivity contribution in [3.05, 3.63) is 83.9 Å². The van der Waals surface area contributed by atoms with Gasteiger partial charge in [-0.05, 0) is 60.8 Å². The lowest BCUT2D eigenvalue weighted by molar-refractivity contribution is -0.147. The van der Waals surface area contributed by atoms with Gasteiger partial charge in [-0.3, -0.25) is 48.1 Å². The highest BCUT2D eigenvalue weighted by Crippen LogP contribution is 2.21. The minimum absolute atomic E-state index is 0.0464. The quantitative estimate of drug-likeness (QED) is 0.0154. The van der Waals surface area contributed by atoms with Gasteiger partial charge in [0.05, 0.1) is 19.9 Å². The molecule has 0 aliphatic carbocycles. The Kier molecular flexibility index (Phi) is 24.0. The van der Waals surface area contributed by atoms with Gasteiger partial charge in [-0.25, -0.2) is 9.78 Å². The van der Waals surface area contributed by atoms with Crippen molar-refractivity contribution in [3.8, 4) is 5.75 Å². The number of H-pyrrole nitrogens is 1. The van der Waals surface area contributed by atoms with E-state index in [-0.39, 0.29) is 63.3 Å². The van der Waals surface area contributed by atoms with Crippen molar-refractivity contribution in [2.75, 3.05) is 20.2 Å². The van der Waals surface area contributed by atoms with E-state index in [1.54, 1.807) is 52.0 Å². The van der Waals surface area contributed by atoms with E-state index in [1.165, 1.54) is 48.8 Å². The number of aliphatic imine (C=N–C) groups is 1. The lowest BCUT2D eigenvalue weighted by atomic mass is 9.98. The molecule has 0 unspecified atom stereocenters. The third-order valence-electron chi connectivity index (χ3n) is 12.7. The van der Waals surface area contributed by atoms with Crippen LogP contribution in [-0.2, 0) is 71.9 Å². The molecule has 4 rings (SSSR count). The van der Waals surface area contributed by atoms with Crippen LogP contribution in [0.3, 0.4) is 0 Å². The van der Waals surface area contributed by atoms with E-state index in [2.05, 4.69) is 52.2 Å². The first kappa shape index (κ1) is 62.0. The normalized spacial score (nSPS) is 15.7. The smallest absolute Gasteiger partial charge is 0.328 e. The van der Waals surface area contributed by atoms with Gasteiger partial charge in [0.15, 0.2) is 5.96 Å². The van der Waals surface area contributed by atoms with Crippen molar-refractivity contribution in [1.29, 1.82) is 0 Å². The van der Waals surface area contributed by atoms with Gasteiger partial charge in [0.25, 0.3) is 0 Å². The van der Waals surface area contributed by atoms with Crippen LogP contribution in [0, 0.1) is 11.8 Å².